The van der Waals surface area contributed by atoms with Crippen LogP contribution in [0.3, 0.4) is 0 Å². The minimum Gasteiger partial charge on any atom is -0.507 e. The van der Waals surface area contributed by atoms with Crippen LogP contribution in [-0.4, -0.2) is 35.3 Å². The molecule has 0 aliphatic carbocycles. The molecule has 0 radical (unpaired) electrons. The lowest BCUT2D eigenvalue weighted by Gasteiger charge is -2.35. The first-order chi connectivity index (χ1) is 8.45. The Labute approximate surface area is 109 Å². The van der Waals surface area contributed by atoms with Gasteiger partial charge in [-0.25, -0.2) is 0 Å². The van der Waals surface area contributed by atoms with Crippen LogP contribution in [0.4, 0.5) is 0 Å². The molecule has 100 valence electrons. The Morgan fingerprint density at radius 2 is 1.67 bits per heavy atom. The molecule has 1 N–H and O–H groups in total. The number of rotatable bonds is 2. The molecule has 2 rings (SSSR count). The third-order valence-corrected chi connectivity index (χ3v) is 3.45. The molecule has 3 heteroatoms. The summed E-state index contributed by atoms with van der Waals surface area (Å²) in [5.41, 5.74) is 3.18. The van der Waals surface area contributed by atoms with Crippen molar-refractivity contribution in [1.29, 1.82) is 0 Å². The number of phenolic OH excluding ortho intramolecular Hbond substituents is 1. The maximum absolute atomic E-state index is 9.79. The van der Waals surface area contributed by atoms with Crippen molar-refractivity contribution in [3.05, 3.63) is 28.8 Å². The summed E-state index contributed by atoms with van der Waals surface area (Å²) in [6.07, 6.45) is 0.598. The van der Waals surface area contributed by atoms with Gasteiger partial charge in [-0.2, -0.15) is 0 Å². The molecule has 1 aliphatic rings. The lowest BCUT2D eigenvalue weighted by atomic mass is 10.0. The molecule has 1 fully saturated rings. The first kappa shape index (κ1) is 13.4. The van der Waals surface area contributed by atoms with Gasteiger partial charge in [-0.05, 0) is 44.4 Å². The number of benzene rings is 1. The Morgan fingerprint density at radius 1 is 1.17 bits per heavy atom. The van der Waals surface area contributed by atoms with Gasteiger partial charge in [0.1, 0.15) is 5.75 Å². The average molecular weight is 249 g/mol. The standard InChI is InChI=1S/C15H23NO2/c1-10-5-14(6-11(2)15(10)17)9-16-7-12(3)18-13(4)8-16/h5-6,12-13,17H,7-9H2,1-4H3/t12-,13-/m0/s1. The van der Waals surface area contributed by atoms with Crippen molar-refractivity contribution in [1.82, 2.24) is 4.90 Å². The molecule has 0 amide bonds. The van der Waals surface area contributed by atoms with Gasteiger partial charge in [0.15, 0.2) is 0 Å². The number of hydrogen-bond donors (Lipinski definition) is 1. The summed E-state index contributed by atoms with van der Waals surface area (Å²) in [6.45, 7) is 11.0. The van der Waals surface area contributed by atoms with Crippen LogP contribution in [0.5, 0.6) is 5.75 Å². The zero-order valence-electron chi connectivity index (χ0n) is 11.7. The molecule has 3 nitrogen and oxygen atoms in total. The monoisotopic (exact) mass is 249 g/mol. The Balaban J connectivity index is 2.09. The molecule has 0 bridgehead atoms. The van der Waals surface area contributed by atoms with Crippen LogP contribution in [0.1, 0.15) is 30.5 Å². The lowest BCUT2D eigenvalue weighted by Crippen LogP contribution is -2.44. The molecular weight excluding hydrogens is 226 g/mol. The topological polar surface area (TPSA) is 32.7 Å². The fraction of sp³-hybridized carbons (Fsp3) is 0.600. The molecule has 1 heterocycles. The third kappa shape index (κ3) is 3.03. The summed E-state index contributed by atoms with van der Waals surface area (Å²) in [7, 11) is 0. The van der Waals surface area contributed by atoms with Gasteiger partial charge in [-0.15, -0.1) is 0 Å². The van der Waals surface area contributed by atoms with Gasteiger partial charge in [0.05, 0.1) is 12.2 Å². The van der Waals surface area contributed by atoms with Gasteiger partial charge in [0, 0.05) is 19.6 Å². The summed E-state index contributed by atoms with van der Waals surface area (Å²) in [6, 6.07) is 4.15. The number of morpholine rings is 1. The SMILES string of the molecule is Cc1cc(CN2C[C@H](C)O[C@@H](C)C2)cc(C)c1O. The van der Waals surface area contributed by atoms with Crippen molar-refractivity contribution in [2.75, 3.05) is 13.1 Å². The van der Waals surface area contributed by atoms with Crippen LogP contribution in [0.25, 0.3) is 0 Å². The zero-order chi connectivity index (χ0) is 13.3. The van der Waals surface area contributed by atoms with Crippen molar-refractivity contribution in [3.63, 3.8) is 0 Å². The van der Waals surface area contributed by atoms with E-state index in [2.05, 4.69) is 30.9 Å². The molecule has 0 spiro atoms. The van der Waals surface area contributed by atoms with E-state index in [0.29, 0.717) is 18.0 Å². The lowest BCUT2D eigenvalue weighted by molar-refractivity contribution is -0.0704. The molecule has 1 aromatic carbocycles. The fourth-order valence-electron chi connectivity index (χ4n) is 2.81. The average Bonchev–Trinajstić information content (AvgIpc) is 2.24. The van der Waals surface area contributed by atoms with E-state index in [1.807, 2.05) is 13.8 Å². The first-order valence-corrected chi connectivity index (χ1v) is 6.62. The molecule has 18 heavy (non-hydrogen) atoms. The highest BCUT2D eigenvalue weighted by Crippen LogP contribution is 2.24. The van der Waals surface area contributed by atoms with Crippen LogP contribution < -0.4 is 0 Å². The molecule has 1 saturated heterocycles. The highest BCUT2D eigenvalue weighted by atomic mass is 16.5. The van der Waals surface area contributed by atoms with Crippen LogP contribution in [0, 0.1) is 13.8 Å². The Hall–Kier alpha value is -1.06. The largest absolute Gasteiger partial charge is 0.507 e. The summed E-state index contributed by atoms with van der Waals surface area (Å²) >= 11 is 0. The minimum absolute atomic E-state index is 0.299. The normalized spacial score (nSPS) is 25.3. The maximum Gasteiger partial charge on any atom is 0.121 e. The number of aromatic hydroxyl groups is 1. The van der Waals surface area contributed by atoms with E-state index in [4.69, 9.17) is 4.74 Å². The van der Waals surface area contributed by atoms with Gasteiger partial charge < -0.3 is 9.84 Å². The summed E-state index contributed by atoms with van der Waals surface area (Å²) in [5.74, 6) is 0.419. The van der Waals surface area contributed by atoms with Crippen molar-refractivity contribution >= 4 is 0 Å². The van der Waals surface area contributed by atoms with E-state index in [-0.39, 0.29) is 0 Å². The zero-order valence-corrected chi connectivity index (χ0v) is 11.7. The predicted molar refractivity (Wildman–Crippen MR) is 72.9 cm³/mol. The van der Waals surface area contributed by atoms with Crippen LogP contribution in [0.2, 0.25) is 0 Å². The highest BCUT2D eigenvalue weighted by Gasteiger charge is 2.22. The molecule has 1 aliphatic heterocycles. The number of aryl methyl sites for hydroxylation is 2. The number of hydrogen-bond acceptors (Lipinski definition) is 3. The Kier molecular flexibility index (Phi) is 3.93. The number of ether oxygens (including phenoxy) is 1. The summed E-state index contributed by atoms with van der Waals surface area (Å²) < 4.78 is 5.74. The van der Waals surface area contributed by atoms with Gasteiger partial charge in [-0.1, -0.05) is 12.1 Å². The number of nitrogens with zero attached hydrogens (tertiary/aromatic N) is 1. The summed E-state index contributed by atoms with van der Waals surface area (Å²) in [4.78, 5) is 2.42. The maximum atomic E-state index is 9.79. The van der Waals surface area contributed by atoms with E-state index < -0.39 is 0 Å². The van der Waals surface area contributed by atoms with E-state index in [0.717, 1.165) is 30.8 Å². The van der Waals surface area contributed by atoms with Crippen molar-refractivity contribution < 1.29 is 9.84 Å². The van der Waals surface area contributed by atoms with E-state index in [1.165, 1.54) is 5.56 Å². The third-order valence-electron chi connectivity index (χ3n) is 3.45. The quantitative estimate of drug-likeness (QED) is 0.874. The first-order valence-electron chi connectivity index (χ1n) is 6.62. The van der Waals surface area contributed by atoms with Crippen molar-refractivity contribution in [3.8, 4) is 5.75 Å². The second kappa shape index (κ2) is 5.29. The molecular formula is C15H23NO2. The fourth-order valence-corrected chi connectivity index (χ4v) is 2.81. The van der Waals surface area contributed by atoms with Crippen molar-refractivity contribution in [2.24, 2.45) is 0 Å². The van der Waals surface area contributed by atoms with Crippen molar-refractivity contribution in [2.45, 2.75) is 46.4 Å². The van der Waals surface area contributed by atoms with Gasteiger partial charge in [0.25, 0.3) is 0 Å². The predicted octanol–water partition coefficient (Wildman–Crippen LogP) is 2.62. The molecule has 1 aromatic rings. The Bertz CT molecular complexity index is 397. The van der Waals surface area contributed by atoms with Crippen LogP contribution >= 0.6 is 0 Å². The van der Waals surface area contributed by atoms with E-state index in [9.17, 15) is 5.11 Å². The van der Waals surface area contributed by atoms with Crippen LogP contribution in [-0.2, 0) is 11.3 Å². The number of phenols is 1. The van der Waals surface area contributed by atoms with E-state index in [1.54, 1.807) is 0 Å². The van der Waals surface area contributed by atoms with Gasteiger partial charge in [-0.3, -0.25) is 4.90 Å². The second-order valence-electron chi connectivity index (χ2n) is 5.53. The smallest absolute Gasteiger partial charge is 0.121 e. The van der Waals surface area contributed by atoms with Gasteiger partial charge >= 0.3 is 0 Å². The Morgan fingerprint density at radius 3 is 2.17 bits per heavy atom. The molecule has 0 saturated carbocycles. The summed E-state index contributed by atoms with van der Waals surface area (Å²) in [5, 5.41) is 9.79. The van der Waals surface area contributed by atoms with E-state index >= 15 is 0 Å². The second-order valence-corrected chi connectivity index (χ2v) is 5.53. The molecule has 0 unspecified atom stereocenters. The van der Waals surface area contributed by atoms with Gasteiger partial charge in [0.2, 0.25) is 0 Å². The highest BCUT2D eigenvalue weighted by molar-refractivity contribution is 5.42. The molecule has 0 aromatic heterocycles. The minimum atomic E-state index is 0.299. The molecule has 2 atom stereocenters. The van der Waals surface area contributed by atoms with Crippen LogP contribution in [0.15, 0.2) is 12.1 Å².